The second kappa shape index (κ2) is 16.5. The van der Waals surface area contributed by atoms with Crippen molar-refractivity contribution in [3.05, 3.63) is 237 Å². The number of hydrogen-bond acceptors (Lipinski definition) is 5. The molecule has 9 aromatic carbocycles. The van der Waals surface area contributed by atoms with Crippen molar-refractivity contribution in [3.63, 3.8) is 0 Å². The van der Waals surface area contributed by atoms with E-state index in [0.29, 0.717) is 17.5 Å². The van der Waals surface area contributed by atoms with Gasteiger partial charge in [-0.3, -0.25) is 4.98 Å². The molecule has 13 rings (SSSR count). The van der Waals surface area contributed by atoms with E-state index in [1.807, 2.05) is 53.9 Å². The van der Waals surface area contributed by atoms with Crippen molar-refractivity contribution in [2.45, 2.75) is 0 Å². The van der Waals surface area contributed by atoms with E-state index < -0.39 is 0 Å². The first kappa shape index (κ1) is 39.5. The molecule has 0 unspecified atom stereocenters. The smallest absolute Gasteiger partial charge is 0.166 e. The summed E-state index contributed by atoms with van der Waals surface area (Å²) >= 11 is 1.82. The number of aromatic nitrogens is 5. The summed E-state index contributed by atoms with van der Waals surface area (Å²) in [5.74, 6) is 1.74. The average Bonchev–Trinajstić information content (AvgIpc) is 3.97. The largest absolute Gasteiger partial charge is 0.309 e. The lowest BCUT2D eigenvalue weighted by molar-refractivity contribution is 1.07. The molecule has 0 saturated carbocycles. The lowest BCUT2D eigenvalue weighted by Crippen LogP contribution is -2.02. The van der Waals surface area contributed by atoms with Gasteiger partial charge in [0.2, 0.25) is 0 Å². The molecule has 4 aromatic heterocycles. The summed E-state index contributed by atoms with van der Waals surface area (Å²) in [6, 6.07) is 81.1. The van der Waals surface area contributed by atoms with E-state index >= 15 is 0 Å². The molecule has 0 fully saturated rings. The molecule has 0 saturated heterocycles. The maximum absolute atomic E-state index is 5.47. The third-order valence-electron chi connectivity index (χ3n) is 12.9. The van der Waals surface area contributed by atoms with Crippen LogP contribution in [0.1, 0.15) is 0 Å². The van der Waals surface area contributed by atoms with Crippen LogP contribution in [0.15, 0.2) is 237 Å². The highest BCUT2D eigenvalue weighted by Gasteiger charge is 2.23. The minimum atomic E-state index is 0.548. The van der Waals surface area contributed by atoms with E-state index in [-0.39, 0.29) is 0 Å². The molecule has 4 heterocycles. The zero-order valence-electron chi connectivity index (χ0n) is 36.7. The first-order chi connectivity index (χ1) is 33.7. The Labute approximate surface area is 397 Å². The molecule has 0 aliphatic carbocycles. The number of hydrogen-bond donors (Lipinski definition) is 0. The second-order valence-corrected chi connectivity index (χ2v) is 18.0. The summed E-state index contributed by atoms with van der Waals surface area (Å²) in [7, 11) is 0. The van der Waals surface area contributed by atoms with Crippen LogP contribution in [0.25, 0.3) is 126 Å². The van der Waals surface area contributed by atoms with Gasteiger partial charge in [-0.25, -0.2) is 15.0 Å². The van der Waals surface area contributed by atoms with Gasteiger partial charge in [-0.1, -0.05) is 188 Å². The van der Waals surface area contributed by atoms with Crippen molar-refractivity contribution in [2.24, 2.45) is 0 Å². The molecule has 68 heavy (non-hydrogen) atoms. The van der Waals surface area contributed by atoms with Crippen LogP contribution < -0.4 is 0 Å². The fourth-order valence-electron chi connectivity index (χ4n) is 9.84. The summed E-state index contributed by atoms with van der Waals surface area (Å²) < 4.78 is 4.82. The molecule has 5 nitrogen and oxygen atoms in total. The Bertz CT molecular complexity index is 3880. The van der Waals surface area contributed by atoms with Gasteiger partial charge in [0.15, 0.2) is 17.5 Å². The lowest BCUT2D eigenvalue weighted by atomic mass is 9.87. The Kier molecular flexibility index (Phi) is 9.62. The number of nitrogens with zero attached hydrogens (tertiary/aromatic N) is 5. The summed E-state index contributed by atoms with van der Waals surface area (Å²) in [4.78, 5) is 21.2. The predicted molar refractivity (Wildman–Crippen MR) is 283 cm³/mol. The van der Waals surface area contributed by atoms with E-state index in [9.17, 15) is 0 Å². The second-order valence-electron chi connectivity index (χ2n) is 17.0. The standard InChI is InChI=1S/C62H39N5S/c1-6-19-40(20-7-1)47-30-18-31-48(41-21-8-2-9-22-41)56(47)45-37-51(62-65-60(42-23-10-3-11-24-42)64-61(66-62)43-25-12-4-13-26-43)59(63-39-45)44-33-34-50-55(38-44)68-54-36-35-53-57(58(50)54)49-29-16-17-32-52(49)67(53)46-27-14-5-15-28-46/h1-39H. The summed E-state index contributed by atoms with van der Waals surface area (Å²) in [6.07, 6.45) is 2.03. The molecular formula is C62H39N5S. The van der Waals surface area contributed by atoms with Crippen molar-refractivity contribution in [1.82, 2.24) is 24.5 Å². The Morgan fingerprint density at radius 3 is 1.53 bits per heavy atom. The zero-order valence-corrected chi connectivity index (χ0v) is 37.5. The monoisotopic (exact) mass is 885 g/mol. The maximum Gasteiger partial charge on any atom is 0.166 e. The highest BCUT2D eigenvalue weighted by molar-refractivity contribution is 7.26. The molecule has 318 valence electrons. The van der Waals surface area contributed by atoms with Crippen molar-refractivity contribution < 1.29 is 0 Å². The van der Waals surface area contributed by atoms with Gasteiger partial charge in [0.25, 0.3) is 0 Å². The quantitative estimate of drug-likeness (QED) is 0.153. The molecule has 0 aliphatic heterocycles. The minimum absolute atomic E-state index is 0.548. The lowest BCUT2D eigenvalue weighted by Gasteiger charge is -2.18. The molecule has 0 spiro atoms. The number of para-hydroxylation sites is 2. The number of thiophene rings is 1. The number of rotatable bonds is 8. The van der Waals surface area contributed by atoms with Gasteiger partial charge in [-0.2, -0.15) is 0 Å². The highest BCUT2D eigenvalue weighted by atomic mass is 32.1. The van der Waals surface area contributed by atoms with Crippen LogP contribution in [0.3, 0.4) is 0 Å². The van der Waals surface area contributed by atoms with Gasteiger partial charge in [0, 0.05) is 70.6 Å². The topological polar surface area (TPSA) is 56.5 Å². The van der Waals surface area contributed by atoms with E-state index in [0.717, 1.165) is 67.0 Å². The SMILES string of the molecule is c1ccc(-c2nc(-c3ccccc3)nc(-c3cc(-c4c(-c5ccccc5)cccc4-c4ccccc4)cnc3-c3ccc4c(c3)sc3ccc5c(c6ccccc6n5-c5ccccc5)c34)n2)cc1. The van der Waals surface area contributed by atoms with Gasteiger partial charge >= 0.3 is 0 Å². The zero-order chi connectivity index (χ0) is 45.0. The summed E-state index contributed by atoms with van der Waals surface area (Å²) in [6.45, 7) is 0. The molecule has 0 atom stereocenters. The molecule has 0 aliphatic rings. The van der Waals surface area contributed by atoms with Crippen molar-refractivity contribution in [1.29, 1.82) is 0 Å². The number of pyridine rings is 1. The predicted octanol–water partition coefficient (Wildman–Crippen LogP) is 16.4. The first-order valence-electron chi connectivity index (χ1n) is 22.8. The molecule has 13 aromatic rings. The molecule has 0 bridgehead atoms. The van der Waals surface area contributed by atoms with E-state index in [1.54, 1.807) is 0 Å². The van der Waals surface area contributed by atoms with Crippen LogP contribution in [-0.2, 0) is 0 Å². The van der Waals surface area contributed by atoms with Crippen LogP contribution in [0.4, 0.5) is 0 Å². The van der Waals surface area contributed by atoms with Gasteiger partial charge in [0.05, 0.1) is 16.7 Å². The Morgan fingerprint density at radius 2 is 0.897 bits per heavy atom. The van der Waals surface area contributed by atoms with Crippen LogP contribution in [-0.4, -0.2) is 24.5 Å². The van der Waals surface area contributed by atoms with Crippen LogP contribution in [0, 0.1) is 0 Å². The molecule has 0 radical (unpaired) electrons. The average molecular weight is 886 g/mol. The number of fused-ring (bicyclic) bond motifs is 7. The first-order valence-corrected chi connectivity index (χ1v) is 23.6. The van der Waals surface area contributed by atoms with Crippen LogP contribution in [0.2, 0.25) is 0 Å². The Morgan fingerprint density at radius 1 is 0.338 bits per heavy atom. The molecule has 6 heteroatoms. The van der Waals surface area contributed by atoms with E-state index in [2.05, 4.69) is 199 Å². The van der Waals surface area contributed by atoms with E-state index in [1.165, 1.54) is 42.0 Å². The van der Waals surface area contributed by atoms with Crippen molar-refractivity contribution in [3.8, 4) is 84.5 Å². The van der Waals surface area contributed by atoms with Crippen molar-refractivity contribution >= 4 is 53.3 Å². The normalized spacial score (nSPS) is 11.5. The third-order valence-corrected chi connectivity index (χ3v) is 14.0. The van der Waals surface area contributed by atoms with Gasteiger partial charge in [0.1, 0.15) is 0 Å². The van der Waals surface area contributed by atoms with E-state index in [4.69, 9.17) is 19.9 Å². The third kappa shape index (κ3) is 6.77. The summed E-state index contributed by atoms with van der Waals surface area (Å²) in [5.41, 5.74) is 14.5. The number of benzene rings is 9. The Hall–Kier alpha value is -8.84. The van der Waals surface area contributed by atoms with Crippen LogP contribution in [0.5, 0.6) is 0 Å². The highest BCUT2D eigenvalue weighted by Crippen LogP contribution is 2.46. The maximum atomic E-state index is 5.47. The molecule has 0 amide bonds. The molecular weight excluding hydrogens is 847 g/mol. The van der Waals surface area contributed by atoms with Gasteiger partial charge in [-0.05, 0) is 70.3 Å². The molecule has 0 N–H and O–H groups in total. The fourth-order valence-corrected chi connectivity index (χ4v) is 11.0. The van der Waals surface area contributed by atoms with Gasteiger partial charge < -0.3 is 4.57 Å². The Balaban J connectivity index is 1.07. The van der Waals surface area contributed by atoms with Gasteiger partial charge in [-0.15, -0.1) is 11.3 Å². The summed E-state index contributed by atoms with van der Waals surface area (Å²) in [5, 5.41) is 4.99. The fraction of sp³-hybridized carbons (Fsp3) is 0. The minimum Gasteiger partial charge on any atom is -0.309 e. The van der Waals surface area contributed by atoms with Crippen molar-refractivity contribution in [2.75, 3.05) is 0 Å². The van der Waals surface area contributed by atoms with Crippen LogP contribution >= 0.6 is 11.3 Å².